The van der Waals surface area contributed by atoms with Gasteiger partial charge in [0.1, 0.15) is 78.0 Å². The van der Waals surface area contributed by atoms with Crippen LogP contribution in [0.3, 0.4) is 0 Å². The molecule has 592 valence electrons. The van der Waals surface area contributed by atoms with Gasteiger partial charge in [0, 0.05) is 114 Å². The number of thioether (sulfide) groups is 2. The fourth-order valence-corrected chi connectivity index (χ4v) is 16.8. The quantitative estimate of drug-likeness (QED) is 0.0820. The number of aliphatic carboxylic acids is 1. The lowest BCUT2D eigenvalue weighted by Gasteiger charge is -2.32. The number of benzene rings is 4. The highest BCUT2D eigenvalue weighted by Crippen LogP contribution is 2.32. The van der Waals surface area contributed by atoms with E-state index >= 15 is 9.59 Å². The third kappa shape index (κ3) is 22.4. The molecular formula is C80H98N12O17S2. The number of Topliss-reactive ketones (excluding diaryl/α,β-unsaturated/α-hetero) is 3. The Balaban J connectivity index is 1.01. The maximum atomic E-state index is 15.3. The number of ether oxygens (including phenoxy) is 1. The number of carbonyl (C=O) groups is 14. The molecule has 10 amide bonds. The fourth-order valence-electron chi connectivity index (χ4n) is 14.7. The minimum Gasteiger partial charge on any atom is -0.489 e. The first-order valence-electron chi connectivity index (χ1n) is 37.6. The lowest BCUT2D eigenvalue weighted by molar-refractivity contribution is -0.143. The van der Waals surface area contributed by atoms with Crippen molar-refractivity contribution in [1.82, 2.24) is 57.4 Å². The standard InChI is InChI=1S/C80H98N12O17S2/c1-42(2)70-79(107)88-62(33-69(98)99)74(102)84-36-68(97)85-60(29-50-34-82-57-15-8-6-13-54(50)57)76(104)91-71(43(3)4)80(108)92-23-11-17-64(92)78(106)89-63(72(81)100)41-111-39-48-26-46-25-47(27-48)38-110-40-52(24-44(5)93)66(95)32-56-65(94)18-10-12-49(31-67(56)96)73(101)86-59(28-45-19-21-53(22-20-45)109-37-46)75(103)87-61(77(105)90-70)30-51-35-83-58-16-9-7-14-55(51)58/h6-9,13-16,19-22,25-27,34-35,42-43,49,52,56,59-65,70-71,82-83,94H,10-12,17-18,23-24,28-33,36-41H2,1-5H3,(H2,81,100)(H,84,102)(H,85,97)(H,86,101)(H,87,103)(H,88,107)(H,89,106)(H,90,105)(H,91,104)(H,98,99)/t49-,52+,56+,59+,60+,61+,62+,63+,64+,65-,70+,71+/m1/s1. The number of aliphatic hydroxyl groups excluding tert-OH is 1. The zero-order valence-electron chi connectivity index (χ0n) is 62.7. The highest BCUT2D eigenvalue weighted by atomic mass is 32.2. The van der Waals surface area contributed by atoms with E-state index in [-0.39, 0.29) is 87.6 Å². The average Bonchev–Trinajstić information content (AvgIpc) is 1.73. The van der Waals surface area contributed by atoms with Gasteiger partial charge in [0.15, 0.2) is 0 Å². The molecule has 1 aliphatic carbocycles. The van der Waals surface area contributed by atoms with Crippen LogP contribution in [0.1, 0.15) is 126 Å². The van der Waals surface area contributed by atoms with Gasteiger partial charge in [-0.05, 0) is 102 Å². The van der Waals surface area contributed by atoms with Crippen LogP contribution in [-0.4, -0.2) is 187 Å². The molecule has 0 spiro atoms. The summed E-state index contributed by atoms with van der Waals surface area (Å²) >= 11 is 2.69. The number of aliphatic hydroxyl groups is 1. The van der Waals surface area contributed by atoms with Gasteiger partial charge in [0.2, 0.25) is 59.1 Å². The molecule has 29 nitrogen and oxygen atoms in total. The molecule has 1 saturated carbocycles. The van der Waals surface area contributed by atoms with E-state index in [1.165, 1.54) is 35.3 Å². The van der Waals surface area contributed by atoms with Crippen LogP contribution in [0, 0.1) is 29.6 Å². The molecule has 4 aromatic carbocycles. The first-order chi connectivity index (χ1) is 53.0. The predicted molar refractivity (Wildman–Crippen MR) is 415 cm³/mol. The number of nitrogens with two attached hydrogens (primary N) is 1. The number of carboxylic acids is 1. The van der Waals surface area contributed by atoms with Crippen LogP contribution in [-0.2, 0) is 104 Å². The monoisotopic (exact) mass is 1560 g/mol. The van der Waals surface area contributed by atoms with Crippen LogP contribution < -0.4 is 53.0 Å². The second-order valence-electron chi connectivity index (χ2n) is 29.9. The summed E-state index contributed by atoms with van der Waals surface area (Å²) in [7, 11) is 0. The normalized spacial score (nSPS) is 25.5. The summed E-state index contributed by atoms with van der Waals surface area (Å²) in [6.45, 7) is 7.15. The Morgan fingerprint density at radius 2 is 1.17 bits per heavy atom. The van der Waals surface area contributed by atoms with E-state index in [2.05, 4.69) is 52.5 Å². The zero-order valence-corrected chi connectivity index (χ0v) is 64.3. The Labute approximate surface area is 650 Å². The van der Waals surface area contributed by atoms with Gasteiger partial charge >= 0.3 is 5.97 Å². The summed E-state index contributed by atoms with van der Waals surface area (Å²) in [5, 5.41) is 44.6. The molecule has 8 bridgehead atoms. The maximum Gasteiger partial charge on any atom is 0.305 e. The van der Waals surface area contributed by atoms with Crippen molar-refractivity contribution in [1.29, 1.82) is 0 Å². The van der Waals surface area contributed by atoms with Gasteiger partial charge in [-0.15, -0.1) is 0 Å². The third-order valence-corrected chi connectivity index (χ3v) is 23.0. The van der Waals surface area contributed by atoms with Crippen LogP contribution in [0.15, 0.2) is 103 Å². The Hall–Kier alpha value is -10.4. The van der Waals surface area contributed by atoms with Crippen molar-refractivity contribution >= 4 is 128 Å². The predicted octanol–water partition coefficient (Wildman–Crippen LogP) is 3.81. The molecule has 0 radical (unpaired) electrons. The molecule has 12 rings (SSSR count). The lowest BCUT2D eigenvalue weighted by atomic mass is 9.78. The molecule has 31 heteroatoms. The van der Waals surface area contributed by atoms with E-state index < -0.39 is 186 Å². The number of nitrogens with one attached hydrogen (secondary N) is 10. The van der Waals surface area contributed by atoms with Crippen LogP contribution in [0.4, 0.5) is 0 Å². The molecule has 1 saturated heterocycles. The summed E-state index contributed by atoms with van der Waals surface area (Å²) in [6.07, 6.45) is 0.499. The molecule has 14 N–H and O–H groups in total. The maximum absolute atomic E-state index is 15.3. The molecule has 7 heterocycles. The SMILES string of the molecule is CC(=O)C[C@H]1CSCc2cc3cc(c2)CSC[C@@H](C(N)=O)NC(=O)[C@@H]2CCCN2C(=O)[C@H](C(C)C)NC(=O)[C@H](Cc2c[nH]c4ccccc24)NC(=O)CNC(=O)[C@H](CC(=O)O)NC(=O)[C@H](C(C)C)NC(=O)[C@H](Cc2c[nH]c4ccccc24)NC(=O)[C@H](Cc2ccc(cc2)OC3)NC(=O)[C@@H]2CCC[C@@H](O)[C@H](CC1=O)C(=O)C2. The van der Waals surface area contributed by atoms with Crippen molar-refractivity contribution in [3.05, 3.63) is 137 Å². The van der Waals surface area contributed by atoms with Crippen LogP contribution in [0.5, 0.6) is 5.75 Å². The molecule has 5 aliphatic heterocycles. The summed E-state index contributed by atoms with van der Waals surface area (Å²) in [4.78, 5) is 208. The van der Waals surface area contributed by atoms with Crippen LogP contribution in [0.2, 0.25) is 0 Å². The molecule has 12 atom stereocenters. The minimum absolute atomic E-state index is 0.00417. The summed E-state index contributed by atoms with van der Waals surface area (Å²) in [5.41, 5.74) is 11.3. The van der Waals surface area contributed by atoms with Crippen LogP contribution >= 0.6 is 23.5 Å². The molecule has 2 aromatic heterocycles. The topological polar surface area (TPSA) is 446 Å². The highest BCUT2D eigenvalue weighted by Gasteiger charge is 2.43. The number of rotatable bonds is 11. The van der Waals surface area contributed by atoms with E-state index in [0.717, 1.165) is 11.1 Å². The highest BCUT2D eigenvalue weighted by molar-refractivity contribution is 7.98. The van der Waals surface area contributed by atoms with Crippen molar-refractivity contribution in [2.45, 2.75) is 184 Å². The van der Waals surface area contributed by atoms with Crippen LogP contribution in [0.25, 0.3) is 21.8 Å². The van der Waals surface area contributed by atoms with E-state index in [1.54, 1.807) is 113 Å². The number of amides is 10. The molecule has 6 aromatic rings. The molecule has 0 unspecified atom stereocenters. The van der Waals surface area contributed by atoms with E-state index in [0.29, 0.717) is 62.0 Å². The second-order valence-corrected chi connectivity index (χ2v) is 32.0. The van der Waals surface area contributed by atoms with Gasteiger partial charge < -0.3 is 82.9 Å². The van der Waals surface area contributed by atoms with Gasteiger partial charge in [0.25, 0.3) is 0 Å². The number of hydrogen-bond acceptors (Lipinski definition) is 18. The summed E-state index contributed by atoms with van der Waals surface area (Å²) in [5.74, 6) is -14.7. The molecule has 6 aliphatic rings. The van der Waals surface area contributed by atoms with E-state index in [4.69, 9.17) is 10.5 Å². The number of aromatic nitrogens is 2. The van der Waals surface area contributed by atoms with Crippen molar-refractivity contribution in [2.24, 2.45) is 35.3 Å². The van der Waals surface area contributed by atoms with Gasteiger partial charge in [-0.25, -0.2) is 0 Å². The fraction of sp³-hybridized carbons (Fsp3) is 0.475. The number of aromatic amines is 2. The summed E-state index contributed by atoms with van der Waals surface area (Å²) < 4.78 is 6.40. The number of H-pyrrole nitrogens is 2. The van der Waals surface area contributed by atoms with Crippen molar-refractivity contribution in [3.63, 3.8) is 0 Å². The molecular weight excluding hydrogens is 1470 g/mol. The Morgan fingerprint density at radius 1 is 0.577 bits per heavy atom. The largest absolute Gasteiger partial charge is 0.489 e. The molecule has 111 heavy (non-hydrogen) atoms. The first-order valence-corrected chi connectivity index (χ1v) is 39.9. The van der Waals surface area contributed by atoms with Gasteiger partial charge in [0.05, 0.1) is 25.0 Å². The Bertz CT molecular complexity index is 4470. The smallest absolute Gasteiger partial charge is 0.305 e. The van der Waals surface area contributed by atoms with Gasteiger partial charge in [-0.2, -0.15) is 23.5 Å². The van der Waals surface area contributed by atoms with Crippen molar-refractivity contribution in [3.8, 4) is 5.75 Å². The van der Waals surface area contributed by atoms with E-state index in [9.17, 15) is 67.7 Å². The van der Waals surface area contributed by atoms with Gasteiger partial charge in [-0.1, -0.05) is 101 Å². The minimum atomic E-state index is -1.88. The summed E-state index contributed by atoms with van der Waals surface area (Å²) in [6, 6.07) is 15.4. The van der Waals surface area contributed by atoms with Crippen molar-refractivity contribution < 1.29 is 82.1 Å². The number of primary amides is 1. The number of carboxylic acid groups (broad SMARTS) is 1. The number of fused-ring (bicyclic) bond motifs is 31. The third-order valence-electron chi connectivity index (χ3n) is 20.7. The Morgan fingerprint density at radius 3 is 1.78 bits per heavy atom. The van der Waals surface area contributed by atoms with Gasteiger partial charge in [-0.3, -0.25) is 62.3 Å². The molecule has 2 fully saturated rings. The number of para-hydroxylation sites is 2. The number of hydrogen-bond donors (Lipinski definition) is 13. The number of carbonyl (C=O) groups excluding carboxylic acids is 13. The number of ketones is 3. The zero-order chi connectivity index (χ0) is 79.7. The second kappa shape index (κ2) is 38.5. The van der Waals surface area contributed by atoms with E-state index in [1.807, 2.05) is 18.2 Å². The van der Waals surface area contributed by atoms with Crippen molar-refractivity contribution in [2.75, 3.05) is 24.6 Å². The Kier molecular flexibility index (Phi) is 28.8. The average molecular weight is 1560 g/mol. The first kappa shape index (κ1) is 83.1. The lowest BCUT2D eigenvalue weighted by Crippen LogP contribution is -2.60. The number of nitrogens with zero attached hydrogens (tertiary/aromatic N) is 1.